The van der Waals surface area contributed by atoms with E-state index in [1.807, 2.05) is 32.9 Å². The number of carbonyl (C=O) groups excluding carboxylic acids is 2. The molecule has 0 bridgehead atoms. The highest BCUT2D eigenvalue weighted by Gasteiger charge is 2.22. The van der Waals surface area contributed by atoms with Crippen molar-refractivity contribution in [2.45, 2.75) is 33.8 Å². The summed E-state index contributed by atoms with van der Waals surface area (Å²) in [6.07, 6.45) is 3.29. The molecule has 0 radical (unpaired) electrons. The summed E-state index contributed by atoms with van der Waals surface area (Å²) in [5.74, 6) is -0.881. The Morgan fingerprint density at radius 2 is 1.73 bits per heavy atom. The second-order valence-corrected chi connectivity index (χ2v) is 5.25. The molecule has 0 amide bonds. The molecule has 1 atom stereocenters. The number of aromatic nitrogens is 2. The third kappa shape index (κ3) is 3.36. The van der Waals surface area contributed by atoms with Crippen LogP contribution in [0.2, 0.25) is 0 Å². The van der Waals surface area contributed by atoms with Crippen molar-refractivity contribution < 1.29 is 14.3 Å². The molecule has 0 aliphatic carbocycles. The molecule has 2 rings (SSSR count). The molecule has 5 nitrogen and oxygen atoms in total. The van der Waals surface area contributed by atoms with E-state index in [1.165, 1.54) is 18.6 Å². The number of benzene rings is 1. The Balaban J connectivity index is 2.16. The SMILES string of the molecule is Cc1cc(C)c(C(=O)[C@@H](C)OC(=O)c2cnccn2)cc1C. The molecule has 0 unspecified atom stereocenters. The average molecular weight is 298 g/mol. The first-order valence-corrected chi connectivity index (χ1v) is 6.99. The van der Waals surface area contributed by atoms with Crippen LogP contribution in [0.25, 0.3) is 0 Å². The first kappa shape index (κ1) is 15.8. The van der Waals surface area contributed by atoms with E-state index < -0.39 is 12.1 Å². The molecule has 22 heavy (non-hydrogen) atoms. The standard InChI is InChI=1S/C17H18N2O3/c1-10-7-12(3)14(8-11(10)2)16(20)13(4)22-17(21)15-9-18-5-6-19-15/h5-9,13H,1-4H3/t13-/m1/s1. The van der Waals surface area contributed by atoms with Crippen molar-refractivity contribution in [3.8, 4) is 0 Å². The first-order chi connectivity index (χ1) is 10.4. The topological polar surface area (TPSA) is 69.2 Å². The van der Waals surface area contributed by atoms with Crippen LogP contribution < -0.4 is 0 Å². The van der Waals surface area contributed by atoms with Crippen molar-refractivity contribution in [1.29, 1.82) is 0 Å². The van der Waals surface area contributed by atoms with Gasteiger partial charge in [-0.2, -0.15) is 0 Å². The summed E-state index contributed by atoms with van der Waals surface area (Å²) in [7, 11) is 0. The molecular formula is C17H18N2O3. The minimum atomic E-state index is -0.879. The predicted octanol–water partition coefficient (Wildman–Crippen LogP) is 2.83. The zero-order valence-electron chi connectivity index (χ0n) is 13.1. The molecule has 0 N–H and O–H groups in total. The summed E-state index contributed by atoms with van der Waals surface area (Å²) in [6, 6.07) is 3.79. The Morgan fingerprint density at radius 1 is 1.05 bits per heavy atom. The van der Waals surface area contributed by atoms with Crippen LogP contribution in [-0.2, 0) is 4.74 Å². The third-order valence-electron chi connectivity index (χ3n) is 3.53. The Morgan fingerprint density at radius 3 is 2.36 bits per heavy atom. The maximum atomic E-state index is 12.5. The smallest absolute Gasteiger partial charge is 0.359 e. The molecule has 1 aromatic carbocycles. The Kier molecular flexibility index (Phi) is 4.65. The van der Waals surface area contributed by atoms with E-state index in [4.69, 9.17) is 4.74 Å². The highest BCUT2D eigenvalue weighted by atomic mass is 16.5. The van der Waals surface area contributed by atoms with Crippen LogP contribution in [-0.4, -0.2) is 27.8 Å². The fraction of sp³-hybridized carbons (Fsp3) is 0.294. The quantitative estimate of drug-likeness (QED) is 0.641. The van der Waals surface area contributed by atoms with Gasteiger partial charge in [0.1, 0.15) is 0 Å². The van der Waals surface area contributed by atoms with E-state index in [0.717, 1.165) is 16.7 Å². The maximum Gasteiger partial charge on any atom is 0.359 e. The number of hydrogen-bond donors (Lipinski definition) is 0. The number of nitrogens with zero attached hydrogens (tertiary/aromatic N) is 2. The van der Waals surface area contributed by atoms with Gasteiger partial charge in [0.05, 0.1) is 6.20 Å². The van der Waals surface area contributed by atoms with Gasteiger partial charge in [-0.3, -0.25) is 9.78 Å². The van der Waals surface area contributed by atoms with E-state index >= 15 is 0 Å². The van der Waals surface area contributed by atoms with Crippen LogP contribution >= 0.6 is 0 Å². The summed E-state index contributed by atoms with van der Waals surface area (Å²) in [5, 5.41) is 0. The second-order valence-electron chi connectivity index (χ2n) is 5.25. The van der Waals surface area contributed by atoms with Gasteiger partial charge in [0, 0.05) is 18.0 Å². The number of rotatable bonds is 4. The zero-order valence-corrected chi connectivity index (χ0v) is 13.1. The number of aryl methyl sites for hydroxylation is 3. The van der Waals surface area contributed by atoms with E-state index in [9.17, 15) is 9.59 Å². The Labute approximate surface area is 129 Å². The molecule has 114 valence electrons. The lowest BCUT2D eigenvalue weighted by atomic mass is 9.96. The van der Waals surface area contributed by atoms with Crippen molar-refractivity contribution in [2.75, 3.05) is 0 Å². The molecule has 0 aliphatic rings. The van der Waals surface area contributed by atoms with Gasteiger partial charge < -0.3 is 4.74 Å². The van der Waals surface area contributed by atoms with Gasteiger partial charge in [-0.25, -0.2) is 9.78 Å². The normalized spacial score (nSPS) is 11.8. The largest absolute Gasteiger partial charge is 0.449 e. The minimum Gasteiger partial charge on any atom is -0.449 e. The summed E-state index contributed by atoms with van der Waals surface area (Å²) in [5.41, 5.74) is 3.68. The molecule has 5 heteroatoms. The fourth-order valence-electron chi connectivity index (χ4n) is 2.12. The van der Waals surface area contributed by atoms with Gasteiger partial charge in [0.2, 0.25) is 5.78 Å². The van der Waals surface area contributed by atoms with Crippen molar-refractivity contribution >= 4 is 11.8 Å². The lowest BCUT2D eigenvalue weighted by Crippen LogP contribution is -2.25. The van der Waals surface area contributed by atoms with Crippen LogP contribution in [0.4, 0.5) is 0 Å². The maximum absolute atomic E-state index is 12.5. The van der Waals surface area contributed by atoms with Crippen LogP contribution in [0, 0.1) is 20.8 Å². The van der Waals surface area contributed by atoms with Crippen molar-refractivity contribution in [3.63, 3.8) is 0 Å². The molecule has 0 spiro atoms. The molecule has 2 aromatic rings. The van der Waals surface area contributed by atoms with Gasteiger partial charge in [-0.1, -0.05) is 6.07 Å². The molecule has 0 aliphatic heterocycles. The van der Waals surface area contributed by atoms with Crippen molar-refractivity contribution in [2.24, 2.45) is 0 Å². The second kappa shape index (κ2) is 6.47. The number of Topliss-reactive ketones (excluding diaryl/α,β-unsaturated/α-hetero) is 1. The number of esters is 1. The van der Waals surface area contributed by atoms with Crippen LogP contribution in [0.3, 0.4) is 0 Å². The van der Waals surface area contributed by atoms with Crippen LogP contribution in [0.1, 0.15) is 44.5 Å². The summed E-state index contributed by atoms with van der Waals surface area (Å²) in [4.78, 5) is 32.1. The fourth-order valence-corrected chi connectivity index (χ4v) is 2.12. The summed E-state index contributed by atoms with van der Waals surface area (Å²) >= 11 is 0. The molecule has 0 saturated heterocycles. The zero-order chi connectivity index (χ0) is 16.3. The first-order valence-electron chi connectivity index (χ1n) is 6.99. The number of ether oxygens (including phenoxy) is 1. The number of carbonyl (C=O) groups is 2. The monoisotopic (exact) mass is 298 g/mol. The van der Waals surface area contributed by atoms with Gasteiger partial charge in [0.25, 0.3) is 0 Å². The molecule has 1 aromatic heterocycles. The van der Waals surface area contributed by atoms with Gasteiger partial charge in [-0.15, -0.1) is 0 Å². The van der Waals surface area contributed by atoms with E-state index in [1.54, 1.807) is 6.92 Å². The highest BCUT2D eigenvalue weighted by Crippen LogP contribution is 2.18. The minimum absolute atomic E-state index is 0.0824. The van der Waals surface area contributed by atoms with Gasteiger partial charge >= 0.3 is 5.97 Å². The van der Waals surface area contributed by atoms with Crippen molar-refractivity contribution in [1.82, 2.24) is 9.97 Å². The number of ketones is 1. The van der Waals surface area contributed by atoms with Crippen LogP contribution in [0.5, 0.6) is 0 Å². The Bertz CT molecular complexity index is 711. The van der Waals surface area contributed by atoms with Crippen LogP contribution in [0.15, 0.2) is 30.7 Å². The van der Waals surface area contributed by atoms with E-state index in [2.05, 4.69) is 9.97 Å². The molecule has 1 heterocycles. The average Bonchev–Trinajstić information content (AvgIpc) is 2.51. The van der Waals surface area contributed by atoms with Gasteiger partial charge in [-0.05, 0) is 50.5 Å². The third-order valence-corrected chi connectivity index (χ3v) is 3.53. The number of hydrogen-bond acceptors (Lipinski definition) is 5. The Hall–Kier alpha value is -2.56. The lowest BCUT2D eigenvalue weighted by molar-refractivity contribution is 0.0312. The molecular weight excluding hydrogens is 280 g/mol. The van der Waals surface area contributed by atoms with Crippen molar-refractivity contribution in [3.05, 3.63) is 58.7 Å². The summed E-state index contributed by atoms with van der Waals surface area (Å²) in [6.45, 7) is 7.37. The predicted molar refractivity (Wildman–Crippen MR) is 81.9 cm³/mol. The molecule has 0 fully saturated rings. The van der Waals surface area contributed by atoms with Gasteiger partial charge in [0.15, 0.2) is 11.8 Å². The van der Waals surface area contributed by atoms with E-state index in [0.29, 0.717) is 5.56 Å². The lowest BCUT2D eigenvalue weighted by Gasteiger charge is -2.14. The van der Waals surface area contributed by atoms with E-state index in [-0.39, 0.29) is 11.5 Å². The molecule has 0 saturated carbocycles. The highest BCUT2D eigenvalue weighted by molar-refractivity contribution is 6.02. The summed E-state index contributed by atoms with van der Waals surface area (Å²) < 4.78 is 5.19.